The van der Waals surface area contributed by atoms with E-state index in [2.05, 4.69) is 5.32 Å². The molecule has 0 saturated heterocycles. The molecule has 1 N–H and O–H groups in total. The molecule has 0 fully saturated rings. The van der Waals surface area contributed by atoms with E-state index in [1.807, 2.05) is 26.0 Å². The van der Waals surface area contributed by atoms with E-state index in [0.717, 1.165) is 12.1 Å². The molecule has 18 heavy (non-hydrogen) atoms. The standard InChI is InChI=1S/C13H19F3N2/c1-4-17-10(2)11-7-5-6-8-12(11)18(3)9-13(14,15)16/h5-8,10,17H,4,9H2,1-3H3. The second kappa shape index (κ2) is 6.09. The summed E-state index contributed by atoms with van der Waals surface area (Å²) >= 11 is 0. The molecular formula is C13H19F3N2. The number of alkyl halides is 3. The molecule has 0 heterocycles. The summed E-state index contributed by atoms with van der Waals surface area (Å²) in [6, 6.07) is 7.20. The summed E-state index contributed by atoms with van der Waals surface area (Å²) in [7, 11) is 1.46. The Balaban J connectivity index is 2.94. The fraction of sp³-hybridized carbons (Fsp3) is 0.538. The lowest BCUT2D eigenvalue weighted by atomic mass is 10.1. The summed E-state index contributed by atoms with van der Waals surface area (Å²) in [5.41, 5.74) is 1.49. The first-order valence-corrected chi connectivity index (χ1v) is 5.95. The third-order valence-corrected chi connectivity index (χ3v) is 2.74. The van der Waals surface area contributed by atoms with E-state index in [-0.39, 0.29) is 6.04 Å². The lowest BCUT2D eigenvalue weighted by Gasteiger charge is -2.26. The smallest absolute Gasteiger partial charge is 0.365 e. The number of para-hydroxylation sites is 1. The van der Waals surface area contributed by atoms with Gasteiger partial charge in [0, 0.05) is 18.8 Å². The average molecular weight is 260 g/mol. The van der Waals surface area contributed by atoms with E-state index in [0.29, 0.717) is 5.69 Å². The van der Waals surface area contributed by atoms with E-state index in [4.69, 9.17) is 0 Å². The molecule has 0 radical (unpaired) electrons. The highest BCUT2D eigenvalue weighted by Crippen LogP contribution is 2.27. The number of anilines is 1. The number of nitrogens with zero attached hydrogens (tertiary/aromatic N) is 1. The van der Waals surface area contributed by atoms with Crippen LogP contribution in [0.4, 0.5) is 18.9 Å². The minimum Gasteiger partial charge on any atom is -0.365 e. The third-order valence-electron chi connectivity index (χ3n) is 2.74. The zero-order chi connectivity index (χ0) is 13.8. The van der Waals surface area contributed by atoms with Gasteiger partial charge in [-0.05, 0) is 25.1 Å². The largest absolute Gasteiger partial charge is 0.405 e. The highest BCUT2D eigenvalue weighted by Gasteiger charge is 2.30. The van der Waals surface area contributed by atoms with Crippen LogP contribution in [0.5, 0.6) is 0 Å². The van der Waals surface area contributed by atoms with E-state index < -0.39 is 12.7 Å². The lowest BCUT2D eigenvalue weighted by Crippen LogP contribution is -2.32. The van der Waals surface area contributed by atoms with E-state index in [1.165, 1.54) is 11.9 Å². The van der Waals surface area contributed by atoms with Gasteiger partial charge in [0.15, 0.2) is 0 Å². The van der Waals surface area contributed by atoms with Crippen molar-refractivity contribution in [2.24, 2.45) is 0 Å². The lowest BCUT2D eigenvalue weighted by molar-refractivity contribution is -0.119. The topological polar surface area (TPSA) is 15.3 Å². The van der Waals surface area contributed by atoms with Gasteiger partial charge >= 0.3 is 6.18 Å². The summed E-state index contributed by atoms with van der Waals surface area (Å²) in [4.78, 5) is 1.24. The molecule has 1 atom stereocenters. The van der Waals surface area contributed by atoms with Gasteiger partial charge in [0.1, 0.15) is 6.54 Å². The van der Waals surface area contributed by atoms with E-state index >= 15 is 0 Å². The molecule has 0 aliphatic carbocycles. The van der Waals surface area contributed by atoms with Crippen LogP contribution in [0.3, 0.4) is 0 Å². The number of rotatable bonds is 5. The monoisotopic (exact) mass is 260 g/mol. The first-order chi connectivity index (χ1) is 8.35. The Morgan fingerprint density at radius 2 is 1.89 bits per heavy atom. The van der Waals surface area contributed by atoms with Crippen molar-refractivity contribution in [2.75, 3.05) is 25.0 Å². The second-order valence-electron chi connectivity index (χ2n) is 4.31. The number of hydrogen-bond donors (Lipinski definition) is 1. The minimum atomic E-state index is -4.19. The Morgan fingerprint density at radius 3 is 2.44 bits per heavy atom. The Kier molecular flexibility index (Phi) is 5.02. The number of nitrogens with one attached hydrogen (secondary N) is 1. The third kappa shape index (κ3) is 4.22. The number of hydrogen-bond acceptors (Lipinski definition) is 2. The minimum absolute atomic E-state index is 0.0295. The molecule has 0 bridgehead atoms. The average Bonchev–Trinajstić information content (AvgIpc) is 2.27. The highest BCUT2D eigenvalue weighted by molar-refractivity contribution is 5.54. The van der Waals surface area contributed by atoms with Gasteiger partial charge < -0.3 is 10.2 Å². The summed E-state index contributed by atoms with van der Waals surface area (Å²) in [5, 5.41) is 3.21. The van der Waals surface area contributed by atoms with Gasteiger partial charge in [-0.2, -0.15) is 13.2 Å². The molecule has 0 aliphatic rings. The molecule has 1 aromatic rings. The highest BCUT2D eigenvalue weighted by atomic mass is 19.4. The summed E-state index contributed by atoms with van der Waals surface area (Å²) in [5.74, 6) is 0. The summed E-state index contributed by atoms with van der Waals surface area (Å²) in [6.07, 6.45) is -4.19. The fourth-order valence-electron chi connectivity index (χ4n) is 1.97. The number of benzene rings is 1. The van der Waals surface area contributed by atoms with Crippen LogP contribution < -0.4 is 10.2 Å². The van der Waals surface area contributed by atoms with E-state index in [9.17, 15) is 13.2 Å². The van der Waals surface area contributed by atoms with Crippen molar-refractivity contribution in [3.05, 3.63) is 29.8 Å². The molecule has 0 saturated carbocycles. The molecule has 0 aromatic heterocycles. The van der Waals surface area contributed by atoms with Crippen molar-refractivity contribution in [3.8, 4) is 0 Å². The molecule has 0 amide bonds. The van der Waals surface area contributed by atoms with Crippen molar-refractivity contribution in [1.29, 1.82) is 0 Å². The summed E-state index contributed by atoms with van der Waals surface area (Å²) in [6.45, 7) is 3.75. The van der Waals surface area contributed by atoms with Crippen molar-refractivity contribution < 1.29 is 13.2 Å². The van der Waals surface area contributed by atoms with Crippen molar-refractivity contribution in [3.63, 3.8) is 0 Å². The molecule has 1 rings (SSSR count). The quantitative estimate of drug-likeness (QED) is 0.873. The first-order valence-electron chi connectivity index (χ1n) is 5.95. The molecule has 1 unspecified atom stereocenters. The van der Waals surface area contributed by atoms with Gasteiger partial charge in [0.25, 0.3) is 0 Å². The van der Waals surface area contributed by atoms with Crippen LogP contribution in [-0.2, 0) is 0 Å². The predicted octanol–water partition coefficient (Wildman–Crippen LogP) is 3.36. The Labute approximate surface area is 106 Å². The Morgan fingerprint density at radius 1 is 1.28 bits per heavy atom. The molecule has 0 aliphatic heterocycles. The molecule has 0 spiro atoms. The van der Waals surface area contributed by atoms with Gasteiger partial charge in [-0.15, -0.1) is 0 Å². The van der Waals surface area contributed by atoms with Crippen LogP contribution >= 0.6 is 0 Å². The predicted molar refractivity (Wildman–Crippen MR) is 67.9 cm³/mol. The van der Waals surface area contributed by atoms with Crippen LogP contribution in [0.15, 0.2) is 24.3 Å². The van der Waals surface area contributed by atoms with E-state index in [1.54, 1.807) is 12.1 Å². The zero-order valence-corrected chi connectivity index (χ0v) is 10.9. The SMILES string of the molecule is CCNC(C)c1ccccc1N(C)CC(F)(F)F. The fourth-order valence-corrected chi connectivity index (χ4v) is 1.97. The van der Waals surface area contributed by atoms with Crippen molar-refractivity contribution >= 4 is 5.69 Å². The molecule has 1 aromatic carbocycles. The Bertz CT molecular complexity index is 377. The van der Waals surface area contributed by atoms with Crippen LogP contribution in [0.1, 0.15) is 25.5 Å². The molecule has 5 heteroatoms. The van der Waals surface area contributed by atoms with Crippen molar-refractivity contribution in [2.45, 2.75) is 26.1 Å². The van der Waals surface area contributed by atoms with Crippen LogP contribution in [0.25, 0.3) is 0 Å². The van der Waals surface area contributed by atoms with Gasteiger partial charge in [-0.25, -0.2) is 0 Å². The van der Waals surface area contributed by atoms with Gasteiger partial charge in [-0.3, -0.25) is 0 Å². The second-order valence-corrected chi connectivity index (χ2v) is 4.31. The maximum Gasteiger partial charge on any atom is 0.405 e. The van der Waals surface area contributed by atoms with Crippen LogP contribution in [0.2, 0.25) is 0 Å². The molecule has 102 valence electrons. The maximum atomic E-state index is 12.4. The maximum absolute atomic E-state index is 12.4. The van der Waals surface area contributed by atoms with Gasteiger partial charge in [0.2, 0.25) is 0 Å². The zero-order valence-electron chi connectivity index (χ0n) is 10.9. The number of halogens is 3. The summed E-state index contributed by atoms with van der Waals surface area (Å²) < 4.78 is 37.2. The molecular weight excluding hydrogens is 241 g/mol. The van der Waals surface area contributed by atoms with Crippen LogP contribution in [-0.4, -0.2) is 26.3 Å². The van der Waals surface area contributed by atoms with Gasteiger partial charge in [-0.1, -0.05) is 25.1 Å². The molecule has 2 nitrogen and oxygen atoms in total. The first kappa shape index (κ1) is 14.8. The van der Waals surface area contributed by atoms with Crippen molar-refractivity contribution in [1.82, 2.24) is 5.32 Å². The van der Waals surface area contributed by atoms with Crippen LogP contribution in [0, 0.1) is 0 Å². The Hall–Kier alpha value is -1.23. The normalized spacial score (nSPS) is 13.4. The van der Waals surface area contributed by atoms with Gasteiger partial charge in [0.05, 0.1) is 0 Å².